The van der Waals surface area contributed by atoms with Crippen molar-refractivity contribution in [3.8, 4) is 0 Å². The highest BCUT2D eigenvalue weighted by Crippen LogP contribution is 2.20. The van der Waals surface area contributed by atoms with E-state index in [2.05, 4.69) is 4.98 Å². The molecule has 0 aliphatic carbocycles. The Morgan fingerprint density at radius 2 is 2.21 bits per heavy atom. The summed E-state index contributed by atoms with van der Waals surface area (Å²) in [6, 6.07) is 0.114. The van der Waals surface area contributed by atoms with Gasteiger partial charge in [0.25, 0.3) is 5.56 Å². The van der Waals surface area contributed by atoms with Crippen molar-refractivity contribution < 1.29 is 4.79 Å². The van der Waals surface area contributed by atoms with Crippen molar-refractivity contribution >= 4 is 11.6 Å². The van der Waals surface area contributed by atoms with Gasteiger partial charge in [0.2, 0.25) is 0 Å². The molecule has 2 heterocycles. The predicted molar refractivity (Wildman–Crippen MR) is 74.5 cm³/mol. The third kappa shape index (κ3) is 2.85. The first-order chi connectivity index (χ1) is 9.00. The Morgan fingerprint density at radius 3 is 2.84 bits per heavy atom. The SMILES string of the molecule is CC(=O)C1CCCN(c2nccn(C(C)C)c2=O)C1. The van der Waals surface area contributed by atoms with Crippen LogP contribution < -0.4 is 10.5 Å². The Hall–Kier alpha value is -1.65. The van der Waals surface area contributed by atoms with Crippen LogP contribution >= 0.6 is 0 Å². The molecule has 1 unspecified atom stereocenters. The molecule has 5 heteroatoms. The minimum absolute atomic E-state index is 0.0302. The minimum Gasteiger partial charge on any atom is -0.351 e. The van der Waals surface area contributed by atoms with Gasteiger partial charge in [0.05, 0.1) is 0 Å². The van der Waals surface area contributed by atoms with E-state index in [9.17, 15) is 9.59 Å². The smallest absolute Gasteiger partial charge is 0.293 e. The second kappa shape index (κ2) is 5.55. The second-order valence-electron chi connectivity index (χ2n) is 5.45. The van der Waals surface area contributed by atoms with E-state index in [1.165, 1.54) is 0 Å². The summed E-state index contributed by atoms with van der Waals surface area (Å²) in [6.45, 7) is 6.98. The highest BCUT2D eigenvalue weighted by molar-refractivity contribution is 5.79. The number of aromatic nitrogens is 2. The second-order valence-corrected chi connectivity index (χ2v) is 5.45. The van der Waals surface area contributed by atoms with Crippen LogP contribution in [0.2, 0.25) is 0 Å². The topological polar surface area (TPSA) is 55.2 Å². The maximum Gasteiger partial charge on any atom is 0.293 e. The molecule has 0 aromatic carbocycles. The van der Waals surface area contributed by atoms with E-state index < -0.39 is 0 Å². The van der Waals surface area contributed by atoms with Gasteiger partial charge >= 0.3 is 0 Å². The predicted octanol–water partition coefficient (Wildman–Crippen LogP) is 1.63. The van der Waals surface area contributed by atoms with Crippen LogP contribution in [0.15, 0.2) is 17.2 Å². The fraction of sp³-hybridized carbons (Fsp3) is 0.643. The van der Waals surface area contributed by atoms with Crippen LogP contribution in [-0.4, -0.2) is 28.4 Å². The molecule has 0 radical (unpaired) electrons. The molecule has 0 spiro atoms. The Morgan fingerprint density at radius 1 is 1.47 bits per heavy atom. The van der Waals surface area contributed by atoms with Crippen LogP contribution in [0.5, 0.6) is 0 Å². The molecular weight excluding hydrogens is 242 g/mol. The van der Waals surface area contributed by atoms with Crippen molar-refractivity contribution in [1.82, 2.24) is 9.55 Å². The van der Waals surface area contributed by atoms with Crippen LogP contribution in [0.3, 0.4) is 0 Å². The number of carbonyl (C=O) groups is 1. The van der Waals surface area contributed by atoms with Gasteiger partial charge in [0, 0.05) is 37.4 Å². The Balaban J connectivity index is 2.29. The summed E-state index contributed by atoms with van der Waals surface area (Å²) in [5.41, 5.74) is -0.0679. The van der Waals surface area contributed by atoms with Crippen LogP contribution in [0.4, 0.5) is 5.82 Å². The molecule has 19 heavy (non-hydrogen) atoms. The lowest BCUT2D eigenvalue weighted by molar-refractivity contribution is -0.120. The molecule has 0 saturated carbocycles. The average molecular weight is 263 g/mol. The Kier molecular flexibility index (Phi) is 4.02. The van der Waals surface area contributed by atoms with Gasteiger partial charge in [-0.25, -0.2) is 4.98 Å². The molecule has 1 atom stereocenters. The van der Waals surface area contributed by atoms with Gasteiger partial charge in [-0.2, -0.15) is 0 Å². The lowest BCUT2D eigenvalue weighted by Crippen LogP contribution is -2.42. The molecule has 1 aromatic heterocycles. The van der Waals surface area contributed by atoms with E-state index in [0.717, 1.165) is 19.4 Å². The van der Waals surface area contributed by atoms with E-state index in [-0.39, 0.29) is 23.3 Å². The van der Waals surface area contributed by atoms with E-state index in [0.29, 0.717) is 12.4 Å². The summed E-state index contributed by atoms with van der Waals surface area (Å²) < 4.78 is 1.68. The van der Waals surface area contributed by atoms with E-state index in [4.69, 9.17) is 0 Å². The first-order valence-corrected chi connectivity index (χ1v) is 6.83. The lowest BCUT2D eigenvalue weighted by Gasteiger charge is -2.32. The van der Waals surface area contributed by atoms with Crippen molar-refractivity contribution in [2.24, 2.45) is 5.92 Å². The zero-order chi connectivity index (χ0) is 14.0. The Bertz CT molecular complexity index is 522. The summed E-state index contributed by atoms with van der Waals surface area (Å²) in [5.74, 6) is 0.703. The van der Waals surface area contributed by atoms with Gasteiger partial charge in [0.1, 0.15) is 5.78 Å². The highest BCUT2D eigenvalue weighted by Gasteiger charge is 2.25. The molecule has 5 nitrogen and oxygen atoms in total. The largest absolute Gasteiger partial charge is 0.351 e. The number of nitrogens with zero attached hydrogens (tertiary/aromatic N) is 3. The Labute approximate surface area is 113 Å². The van der Waals surface area contributed by atoms with Gasteiger partial charge in [-0.3, -0.25) is 9.59 Å². The zero-order valence-corrected chi connectivity index (χ0v) is 11.8. The van der Waals surface area contributed by atoms with Crippen LogP contribution in [0.1, 0.15) is 39.7 Å². The number of carbonyl (C=O) groups excluding carboxylic acids is 1. The summed E-state index contributed by atoms with van der Waals surface area (Å²) >= 11 is 0. The van der Waals surface area contributed by atoms with Crippen LogP contribution in [-0.2, 0) is 4.79 Å². The normalized spacial score (nSPS) is 19.8. The molecule has 0 bridgehead atoms. The zero-order valence-electron chi connectivity index (χ0n) is 11.8. The number of hydrogen-bond acceptors (Lipinski definition) is 4. The average Bonchev–Trinajstić information content (AvgIpc) is 2.38. The van der Waals surface area contributed by atoms with Gasteiger partial charge in [0.15, 0.2) is 5.82 Å². The number of rotatable bonds is 3. The van der Waals surface area contributed by atoms with Crippen molar-refractivity contribution in [3.63, 3.8) is 0 Å². The number of Topliss-reactive ketones (excluding diaryl/α,β-unsaturated/α-hetero) is 1. The summed E-state index contributed by atoms with van der Waals surface area (Å²) in [6.07, 6.45) is 5.22. The summed E-state index contributed by atoms with van der Waals surface area (Å²) in [5, 5.41) is 0. The quantitative estimate of drug-likeness (QED) is 0.831. The number of ketones is 1. The first-order valence-electron chi connectivity index (χ1n) is 6.83. The number of hydrogen-bond donors (Lipinski definition) is 0. The van der Waals surface area contributed by atoms with E-state index in [1.54, 1.807) is 23.9 Å². The molecule has 1 saturated heterocycles. The third-order valence-electron chi connectivity index (χ3n) is 3.70. The fourth-order valence-electron chi connectivity index (χ4n) is 2.54. The molecular formula is C14H21N3O2. The monoisotopic (exact) mass is 263 g/mol. The maximum absolute atomic E-state index is 12.4. The first kappa shape index (κ1) is 13.8. The van der Waals surface area contributed by atoms with Gasteiger partial charge in [-0.15, -0.1) is 0 Å². The van der Waals surface area contributed by atoms with Crippen molar-refractivity contribution in [1.29, 1.82) is 0 Å². The molecule has 1 fully saturated rings. The molecule has 1 aromatic rings. The third-order valence-corrected chi connectivity index (χ3v) is 3.70. The molecule has 0 N–H and O–H groups in total. The van der Waals surface area contributed by atoms with Gasteiger partial charge in [-0.05, 0) is 33.6 Å². The number of piperidine rings is 1. The molecule has 104 valence electrons. The van der Waals surface area contributed by atoms with Gasteiger partial charge < -0.3 is 9.47 Å². The molecule has 0 amide bonds. The number of anilines is 1. The van der Waals surface area contributed by atoms with Crippen LogP contribution in [0, 0.1) is 5.92 Å². The standard InChI is InChI=1S/C14H21N3O2/c1-10(2)17-8-6-15-13(14(17)19)16-7-4-5-12(9-16)11(3)18/h6,8,10,12H,4-5,7,9H2,1-3H3. The highest BCUT2D eigenvalue weighted by atomic mass is 16.1. The van der Waals surface area contributed by atoms with Gasteiger partial charge in [-0.1, -0.05) is 0 Å². The molecule has 1 aliphatic rings. The lowest BCUT2D eigenvalue weighted by atomic mass is 9.95. The van der Waals surface area contributed by atoms with E-state index >= 15 is 0 Å². The summed E-state index contributed by atoms with van der Waals surface area (Å²) in [7, 11) is 0. The van der Waals surface area contributed by atoms with Crippen molar-refractivity contribution in [3.05, 3.63) is 22.7 Å². The minimum atomic E-state index is -0.0679. The van der Waals surface area contributed by atoms with Crippen molar-refractivity contribution in [2.45, 2.75) is 39.7 Å². The fourth-order valence-corrected chi connectivity index (χ4v) is 2.54. The maximum atomic E-state index is 12.4. The molecule has 2 rings (SSSR count). The molecule has 1 aliphatic heterocycles. The van der Waals surface area contributed by atoms with E-state index in [1.807, 2.05) is 18.7 Å². The van der Waals surface area contributed by atoms with Crippen LogP contribution in [0.25, 0.3) is 0 Å². The van der Waals surface area contributed by atoms with Crippen molar-refractivity contribution in [2.75, 3.05) is 18.0 Å². The summed E-state index contributed by atoms with van der Waals surface area (Å²) in [4.78, 5) is 30.0.